The average Bonchev–Trinajstić information content (AvgIpc) is 2.80. The molecule has 19 heavy (non-hydrogen) atoms. The van der Waals surface area contributed by atoms with Gasteiger partial charge in [0.15, 0.2) is 0 Å². The van der Waals surface area contributed by atoms with Gasteiger partial charge in [-0.15, -0.1) is 0 Å². The number of carboxylic acids is 1. The van der Waals surface area contributed by atoms with E-state index in [1.165, 1.54) is 35.3 Å². The van der Waals surface area contributed by atoms with Crippen molar-refractivity contribution >= 4 is 31.9 Å². The summed E-state index contributed by atoms with van der Waals surface area (Å²) in [7, 11) is -3.78. The van der Waals surface area contributed by atoms with Crippen LogP contribution in [-0.4, -0.2) is 24.2 Å². The number of nitrogens with one attached hydrogen (secondary N) is 1. The van der Waals surface area contributed by atoms with Crippen LogP contribution in [0.1, 0.15) is 10.4 Å². The zero-order valence-electron chi connectivity index (χ0n) is 9.45. The zero-order chi connectivity index (χ0) is 14.0. The van der Waals surface area contributed by atoms with Crippen molar-refractivity contribution in [3.05, 3.63) is 52.8 Å². The Labute approximate surface area is 117 Å². The number of hydrogen-bond donors (Lipinski definition) is 2. The Morgan fingerprint density at radius 3 is 2.42 bits per heavy atom. The second-order valence-corrected chi connectivity index (χ2v) is 6.12. The van der Waals surface area contributed by atoms with Gasteiger partial charge in [0, 0.05) is 16.9 Å². The average molecular weight is 345 g/mol. The molecule has 100 valence electrons. The van der Waals surface area contributed by atoms with E-state index >= 15 is 0 Å². The Hall–Kier alpha value is -1.80. The van der Waals surface area contributed by atoms with Crippen LogP contribution in [0.3, 0.4) is 0 Å². The molecule has 1 aromatic carbocycles. The van der Waals surface area contributed by atoms with Gasteiger partial charge in [0.05, 0.1) is 5.56 Å². The van der Waals surface area contributed by atoms with Crippen molar-refractivity contribution in [2.75, 3.05) is 4.83 Å². The van der Waals surface area contributed by atoms with E-state index in [-0.39, 0.29) is 14.9 Å². The first-order valence-electron chi connectivity index (χ1n) is 5.09. The Balaban J connectivity index is 2.38. The van der Waals surface area contributed by atoms with Gasteiger partial charge in [-0.2, -0.15) is 8.42 Å². The van der Waals surface area contributed by atoms with Gasteiger partial charge < -0.3 is 5.11 Å². The largest absolute Gasteiger partial charge is 0.478 e. The van der Waals surface area contributed by atoms with Crippen LogP contribution in [0.25, 0.3) is 0 Å². The lowest BCUT2D eigenvalue weighted by Crippen LogP contribution is -2.22. The maximum absolute atomic E-state index is 12.1. The highest BCUT2D eigenvalue weighted by molar-refractivity contribution is 9.10. The van der Waals surface area contributed by atoms with Crippen LogP contribution in [-0.2, 0) is 10.0 Å². The molecule has 0 saturated heterocycles. The molecule has 6 nitrogen and oxygen atoms in total. The molecule has 0 spiro atoms. The molecule has 8 heteroatoms. The molecule has 2 aromatic rings. The number of benzene rings is 1. The zero-order valence-corrected chi connectivity index (χ0v) is 11.8. The van der Waals surface area contributed by atoms with E-state index in [0.29, 0.717) is 0 Å². The fraction of sp³-hybridized carbons (Fsp3) is 0. The third-order valence-electron chi connectivity index (χ3n) is 2.30. The molecule has 0 atom stereocenters. The molecule has 2 rings (SSSR count). The highest BCUT2D eigenvalue weighted by Crippen LogP contribution is 2.23. The highest BCUT2D eigenvalue weighted by Gasteiger charge is 2.19. The molecule has 0 saturated carbocycles. The maximum atomic E-state index is 12.1. The highest BCUT2D eigenvalue weighted by atomic mass is 79.9. The van der Waals surface area contributed by atoms with E-state index in [9.17, 15) is 13.2 Å². The fourth-order valence-electron chi connectivity index (χ4n) is 1.44. The van der Waals surface area contributed by atoms with Crippen molar-refractivity contribution in [3.63, 3.8) is 0 Å². The van der Waals surface area contributed by atoms with E-state index < -0.39 is 16.0 Å². The number of hydrogen-bond acceptors (Lipinski definition) is 3. The molecular formula is C11H9BrN2O4S. The Morgan fingerprint density at radius 2 is 1.89 bits per heavy atom. The lowest BCUT2D eigenvalue weighted by molar-refractivity contribution is 0.0696. The number of carboxylic acid groups (broad SMARTS) is 1. The van der Waals surface area contributed by atoms with E-state index in [0.717, 1.165) is 0 Å². The third-order valence-corrected chi connectivity index (χ3v) is 4.60. The quantitative estimate of drug-likeness (QED) is 0.886. The molecule has 0 aliphatic carbocycles. The Kier molecular flexibility index (Phi) is 3.63. The van der Waals surface area contributed by atoms with Gasteiger partial charge in [0.1, 0.15) is 4.90 Å². The van der Waals surface area contributed by atoms with E-state index in [1.54, 1.807) is 12.1 Å². The van der Waals surface area contributed by atoms with Crippen LogP contribution < -0.4 is 4.83 Å². The van der Waals surface area contributed by atoms with Crippen molar-refractivity contribution in [3.8, 4) is 0 Å². The standard InChI is InChI=1S/C11H9BrN2O4S/c12-9-7-8(11(15)16)3-4-10(9)19(17,18)13-14-5-1-2-6-14/h1-7,13H,(H,15,16). The molecule has 0 amide bonds. The molecule has 0 radical (unpaired) electrons. The van der Waals surface area contributed by atoms with Crippen LogP contribution in [0.5, 0.6) is 0 Å². The Bertz CT molecular complexity index is 710. The number of aromatic nitrogens is 1. The molecule has 0 unspecified atom stereocenters. The van der Waals surface area contributed by atoms with Crippen molar-refractivity contribution in [1.82, 2.24) is 4.68 Å². The van der Waals surface area contributed by atoms with E-state index in [4.69, 9.17) is 5.11 Å². The van der Waals surface area contributed by atoms with Crippen molar-refractivity contribution in [1.29, 1.82) is 0 Å². The molecule has 0 bridgehead atoms. The van der Waals surface area contributed by atoms with Gasteiger partial charge in [0.2, 0.25) is 0 Å². The lowest BCUT2D eigenvalue weighted by Gasteiger charge is -2.10. The molecule has 2 N–H and O–H groups in total. The first kappa shape index (κ1) is 13.6. The second kappa shape index (κ2) is 5.06. The topological polar surface area (TPSA) is 88.4 Å². The smallest absolute Gasteiger partial charge is 0.335 e. The second-order valence-electron chi connectivity index (χ2n) is 3.64. The number of sulfonamides is 1. The fourth-order valence-corrected chi connectivity index (χ4v) is 3.51. The van der Waals surface area contributed by atoms with E-state index in [1.807, 2.05) is 0 Å². The summed E-state index contributed by atoms with van der Waals surface area (Å²) in [5, 5.41) is 8.82. The van der Waals surface area contributed by atoms with Gasteiger partial charge in [-0.25, -0.2) is 9.63 Å². The summed E-state index contributed by atoms with van der Waals surface area (Å²) in [4.78, 5) is 13.1. The van der Waals surface area contributed by atoms with Crippen molar-refractivity contribution < 1.29 is 18.3 Å². The number of halogens is 1. The number of nitrogens with zero attached hydrogens (tertiary/aromatic N) is 1. The SMILES string of the molecule is O=C(O)c1ccc(S(=O)(=O)Nn2cccc2)c(Br)c1. The molecular weight excluding hydrogens is 336 g/mol. The molecule has 0 fully saturated rings. The maximum Gasteiger partial charge on any atom is 0.335 e. The monoisotopic (exact) mass is 344 g/mol. The molecule has 0 aliphatic rings. The summed E-state index contributed by atoms with van der Waals surface area (Å²) in [6, 6.07) is 7.05. The van der Waals surface area contributed by atoms with Gasteiger partial charge in [-0.3, -0.25) is 4.68 Å². The van der Waals surface area contributed by atoms with Gasteiger partial charge in [-0.1, -0.05) is 0 Å². The summed E-state index contributed by atoms with van der Waals surface area (Å²) >= 11 is 3.06. The summed E-state index contributed by atoms with van der Waals surface area (Å²) in [6.07, 6.45) is 3.08. The minimum absolute atomic E-state index is 0.00629. The predicted octanol–water partition coefficient (Wildman–Crippen LogP) is 1.88. The molecule has 1 aromatic heterocycles. The van der Waals surface area contributed by atoms with Crippen LogP contribution in [0.4, 0.5) is 0 Å². The number of carbonyl (C=O) groups is 1. The molecule has 0 aliphatic heterocycles. The van der Waals surface area contributed by atoms with Gasteiger partial charge >= 0.3 is 5.97 Å². The van der Waals surface area contributed by atoms with Gasteiger partial charge in [0.25, 0.3) is 10.0 Å². The normalized spacial score (nSPS) is 11.2. The summed E-state index contributed by atoms with van der Waals surface area (Å²) in [5.74, 6) is -1.12. The Morgan fingerprint density at radius 1 is 1.26 bits per heavy atom. The van der Waals surface area contributed by atoms with Crippen LogP contribution in [0.15, 0.2) is 52.1 Å². The predicted molar refractivity (Wildman–Crippen MR) is 72.1 cm³/mol. The molecule has 1 heterocycles. The number of aromatic carboxylic acids is 1. The summed E-state index contributed by atoms with van der Waals surface area (Å²) in [6.45, 7) is 0. The summed E-state index contributed by atoms with van der Waals surface area (Å²) in [5.41, 5.74) is 0.00629. The first-order chi connectivity index (χ1) is 8.90. The van der Waals surface area contributed by atoms with Crippen molar-refractivity contribution in [2.24, 2.45) is 0 Å². The lowest BCUT2D eigenvalue weighted by atomic mass is 10.2. The minimum Gasteiger partial charge on any atom is -0.478 e. The van der Waals surface area contributed by atoms with Crippen LogP contribution in [0.2, 0.25) is 0 Å². The minimum atomic E-state index is -3.78. The summed E-state index contributed by atoms with van der Waals surface area (Å²) < 4.78 is 25.7. The van der Waals surface area contributed by atoms with Crippen LogP contribution in [0, 0.1) is 0 Å². The van der Waals surface area contributed by atoms with Crippen LogP contribution >= 0.6 is 15.9 Å². The number of rotatable bonds is 4. The van der Waals surface area contributed by atoms with E-state index in [2.05, 4.69) is 20.8 Å². The third kappa shape index (κ3) is 2.96. The first-order valence-corrected chi connectivity index (χ1v) is 7.36. The van der Waals surface area contributed by atoms with Gasteiger partial charge in [-0.05, 0) is 46.3 Å². The van der Waals surface area contributed by atoms with Crippen molar-refractivity contribution in [2.45, 2.75) is 4.90 Å².